The molecule has 1 aromatic rings. The zero-order valence-corrected chi connectivity index (χ0v) is 8.88. The van der Waals surface area contributed by atoms with E-state index in [1.165, 1.54) is 12.4 Å². The van der Waals surface area contributed by atoms with Gasteiger partial charge in [0.15, 0.2) is 0 Å². The van der Waals surface area contributed by atoms with Gasteiger partial charge in [0.2, 0.25) is 5.95 Å². The summed E-state index contributed by atoms with van der Waals surface area (Å²) in [7, 11) is 0. The van der Waals surface area contributed by atoms with Crippen LogP contribution in [0.2, 0.25) is 0 Å². The van der Waals surface area contributed by atoms with E-state index in [0.29, 0.717) is 12.6 Å². The summed E-state index contributed by atoms with van der Waals surface area (Å²) in [6.07, 6.45) is 3.73. The molecule has 2 heterocycles. The second kappa shape index (κ2) is 4.44. The van der Waals surface area contributed by atoms with Gasteiger partial charge >= 0.3 is 5.97 Å². The van der Waals surface area contributed by atoms with Gasteiger partial charge in [-0.05, 0) is 13.3 Å². The van der Waals surface area contributed by atoms with E-state index in [9.17, 15) is 4.79 Å². The maximum Gasteiger partial charge on any atom is 0.338 e. The lowest BCUT2D eigenvalue weighted by molar-refractivity contribution is 0.0696. The van der Waals surface area contributed by atoms with Crippen molar-refractivity contribution in [2.75, 3.05) is 11.9 Å². The van der Waals surface area contributed by atoms with Crippen LogP contribution in [0.1, 0.15) is 23.7 Å². The van der Waals surface area contributed by atoms with Crippen LogP contribution in [0.3, 0.4) is 0 Å². The molecule has 1 aliphatic rings. The van der Waals surface area contributed by atoms with Gasteiger partial charge in [0, 0.05) is 12.4 Å². The van der Waals surface area contributed by atoms with Crippen LogP contribution in [-0.4, -0.2) is 39.8 Å². The van der Waals surface area contributed by atoms with E-state index in [0.717, 1.165) is 6.42 Å². The average molecular weight is 223 g/mol. The van der Waals surface area contributed by atoms with Gasteiger partial charge in [-0.2, -0.15) is 0 Å². The molecule has 0 spiro atoms. The standard InChI is InChI=1S/C10H13N3O3/c1-6-2-8(5-16-6)13-10-11-3-7(4-12-10)9(14)15/h3-4,6,8H,2,5H2,1H3,(H,14,15)(H,11,12,13). The molecule has 0 aliphatic carbocycles. The summed E-state index contributed by atoms with van der Waals surface area (Å²) >= 11 is 0. The fourth-order valence-corrected chi connectivity index (χ4v) is 1.61. The Balaban J connectivity index is 1.97. The highest BCUT2D eigenvalue weighted by atomic mass is 16.5. The Kier molecular flexibility index (Phi) is 3.00. The minimum atomic E-state index is -1.02. The number of carboxylic acid groups (broad SMARTS) is 1. The second-order valence-corrected chi connectivity index (χ2v) is 3.82. The summed E-state index contributed by atoms with van der Waals surface area (Å²) in [6.45, 7) is 2.64. The first-order valence-electron chi connectivity index (χ1n) is 5.08. The molecule has 0 bridgehead atoms. The van der Waals surface area contributed by atoms with E-state index in [4.69, 9.17) is 9.84 Å². The van der Waals surface area contributed by atoms with Crippen LogP contribution in [0.25, 0.3) is 0 Å². The number of hydrogen-bond acceptors (Lipinski definition) is 5. The van der Waals surface area contributed by atoms with Crippen LogP contribution in [0.4, 0.5) is 5.95 Å². The molecule has 1 aliphatic heterocycles. The fourth-order valence-electron chi connectivity index (χ4n) is 1.61. The molecule has 86 valence electrons. The molecule has 1 fully saturated rings. The van der Waals surface area contributed by atoms with Crippen LogP contribution >= 0.6 is 0 Å². The molecular formula is C10H13N3O3. The normalized spacial score (nSPS) is 24.3. The summed E-state index contributed by atoms with van der Waals surface area (Å²) in [5.41, 5.74) is 0.0848. The molecule has 2 N–H and O–H groups in total. The maximum atomic E-state index is 10.6. The molecule has 0 saturated carbocycles. The van der Waals surface area contributed by atoms with Crippen molar-refractivity contribution in [3.63, 3.8) is 0 Å². The van der Waals surface area contributed by atoms with Crippen LogP contribution < -0.4 is 5.32 Å². The molecule has 1 aromatic heterocycles. The molecule has 2 unspecified atom stereocenters. The Morgan fingerprint density at radius 1 is 1.56 bits per heavy atom. The highest BCUT2D eigenvalue weighted by molar-refractivity contribution is 5.86. The molecule has 16 heavy (non-hydrogen) atoms. The van der Waals surface area contributed by atoms with E-state index in [2.05, 4.69) is 15.3 Å². The first kappa shape index (κ1) is 10.8. The number of carbonyl (C=O) groups is 1. The van der Waals surface area contributed by atoms with Gasteiger partial charge < -0.3 is 15.2 Å². The van der Waals surface area contributed by atoms with E-state index >= 15 is 0 Å². The lowest BCUT2D eigenvalue weighted by Gasteiger charge is -2.09. The van der Waals surface area contributed by atoms with E-state index in [1.807, 2.05) is 6.92 Å². The number of ether oxygens (including phenoxy) is 1. The summed E-state index contributed by atoms with van der Waals surface area (Å²) in [5, 5.41) is 11.8. The number of anilines is 1. The minimum Gasteiger partial charge on any atom is -0.478 e. The smallest absolute Gasteiger partial charge is 0.338 e. The number of carboxylic acids is 1. The molecule has 1 saturated heterocycles. The number of nitrogens with one attached hydrogen (secondary N) is 1. The van der Waals surface area contributed by atoms with E-state index < -0.39 is 5.97 Å². The maximum absolute atomic E-state index is 10.6. The number of aromatic nitrogens is 2. The van der Waals surface area contributed by atoms with Crippen molar-refractivity contribution in [1.29, 1.82) is 0 Å². The summed E-state index contributed by atoms with van der Waals surface area (Å²) in [6, 6.07) is 0.200. The van der Waals surface area contributed by atoms with Gasteiger partial charge in [0.05, 0.1) is 24.3 Å². The molecule has 2 atom stereocenters. The summed E-state index contributed by atoms with van der Waals surface area (Å²) < 4.78 is 5.39. The highest BCUT2D eigenvalue weighted by Crippen LogP contribution is 2.15. The Morgan fingerprint density at radius 2 is 2.25 bits per heavy atom. The molecule has 6 heteroatoms. The Morgan fingerprint density at radius 3 is 2.75 bits per heavy atom. The van der Waals surface area contributed by atoms with Crippen molar-refractivity contribution in [2.45, 2.75) is 25.5 Å². The molecule has 0 radical (unpaired) electrons. The van der Waals surface area contributed by atoms with Crippen LogP contribution in [-0.2, 0) is 4.74 Å². The molecule has 0 amide bonds. The number of aromatic carboxylic acids is 1. The molecule has 2 rings (SSSR count). The third kappa shape index (κ3) is 2.46. The van der Waals surface area contributed by atoms with Crippen molar-refractivity contribution in [1.82, 2.24) is 9.97 Å². The monoisotopic (exact) mass is 223 g/mol. The zero-order chi connectivity index (χ0) is 11.5. The first-order valence-corrected chi connectivity index (χ1v) is 5.08. The summed E-state index contributed by atoms with van der Waals surface area (Å²) in [4.78, 5) is 18.4. The quantitative estimate of drug-likeness (QED) is 0.787. The lowest BCUT2D eigenvalue weighted by atomic mass is 10.2. The first-order chi connectivity index (χ1) is 7.65. The number of rotatable bonds is 3. The van der Waals surface area contributed by atoms with Crippen LogP contribution in [0, 0.1) is 0 Å². The van der Waals surface area contributed by atoms with Gasteiger partial charge in [-0.1, -0.05) is 0 Å². The second-order valence-electron chi connectivity index (χ2n) is 3.82. The minimum absolute atomic E-state index is 0.0848. The predicted octanol–water partition coefficient (Wildman–Crippen LogP) is 0.764. The van der Waals surface area contributed by atoms with Crippen molar-refractivity contribution in [3.8, 4) is 0 Å². The van der Waals surface area contributed by atoms with Gasteiger partial charge in [-0.3, -0.25) is 0 Å². The van der Waals surface area contributed by atoms with Gasteiger partial charge in [0.1, 0.15) is 0 Å². The van der Waals surface area contributed by atoms with Gasteiger partial charge in [0.25, 0.3) is 0 Å². The van der Waals surface area contributed by atoms with Crippen molar-refractivity contribution in [3.05, 3.63) is 18.0 Å². The van der Waals surface area contributed by atoms with Crippen LogP contribution in [0.5, 0.6) is 0 Å². The van der Waals surface area contributed by atoms with Crippen LogP contribution in [0.15, 0.2) is 12.4 Å². The van der Waals surface area contributed by atoms with Crippen molar-refractivity contribution < 1.29 is 14.6 Å². The predicted molar refractivity (Wildman–Crippen MR) is 56.4 cm³/mol. The van der Waals surface area contributed by atoms with Gasteiger partial charge in [-0.15, -0.1) is 0 Å². The van der Waals surface area contributed by atoms with E-state index in [-0.39, 0.29) is 17.7 Å². The zero-order valence-electron chi connectivity index (χ0n) is 8.88. The van der Waals surface area contributed by atoms with Crippen molar-refractivity contribution in [2.24, 2.45) is 0 Å². The summed E-state index contributed by atoms with van der Waals surface area (Å²) in [5.74, 6) is -0.586. The van der Waals surface area contributed by atoms with Crippen molar-refractivity contribution >= 4 is 11.9 Å². The highest BCUT2D eigenvalue weighted by Gasteiger charge is 2.22. The molecule has 6 nitrogen and oxygen atoms in total. The fraction of sp³-hybridized carbons (Fsp3) is 0.500. The average Bonchev–Trinajstić information content (AvgIpc) is 2.65. The topological polar surface area (TPSA) is 84.3 Å². The number of hydrogen-bond donors (Lipinski definition) is 2. The largest absolute Gasteiger partial charge is 0.478 e. The Labute approximate surface area is 92.7 Å². The van der Waals surface area contributed by atoms with Gasteiger partial charge in [-0.25, -0.2) is 14.8 Å². The third-order valence-electron chi connectivity index (χ3n) is 2.43. The van der Waals surface area contributed by atoms with E-state index in [1.54, 1.807) is 0 Å². The Hall–Kier alpha value is -1.69. The SMILES string of the molecule is CC1CC(Nc2ncc(C(=O)O)cn2)CO1. The Bertz CT molecular complexity index is 379. The molecule has 0 aromatic carbocycles. The lowest BCUT2D eigenvalue weighted by Crippen LogP contribution is -2.21. The molecular weight excluding hydrogens is 210 g/mol. The number of nitrogens with zero attached hydrogens (tertiary/aromatic N) is 2. The third-order valence-corrected chi connectivity index (χ3v) is 2.43.